The SMILES string of the molecule is CCOC(=O)c1c(NC(=O)C(C#N)=Cc2cn(Cc3ccc(Cl)cc3Cl)c3ccccc23)sc2c1CCCC2. The molecule has 0 bridgehead atoms. The molecule has 0 spiro atoms. The highest BCUT2D eigenvalue weighted by Gasteiger charge is 2.28. The first-order valence-electron chi connectivity index (χ1n) is 12.7. The van der Waals surface area contributed by atoms with Crippen LogP contribution >= 0.6 is 34.5 Å². The number of carbonyl (C=O) groups is 2. The van der Waals surface area contributed by atoms with E-state index in [0.29, 0.717) is 27.2 Å². The number of para-hydroxylation sites is 1. The predicted molar refractivity (Wildman–Crippen MR) is 157 cm³/mol. The van der Waals surface area contributed by atoms with Crippen molar-refractivity contribution >= 4 is 68.4 Å². The Morgan fingerprint density at radius 3 is 2.74 bits per heavy atom. The molecule has 0 saturated carbocycles. The second-order valence-corrected chi connectivity index (χ2v) is 11.2. The van der Waals surface area contributed by atoms with E-state index < -0.39 is 11.9 Å². The van der Waals surface area contributed by atoms with E-state index in [4.69, 9.17) is 27.9 Å². The number of aromatic nitrogens is 1. The second kappa shape index (κ2) is 11.7. The summed E-state index contributed by atoms with van der Waals surface area (Å²) in [5.74, 6) is -1.02. The molecule has 0 unspecified atom stereocenters. The van der Waals surface area contributed by atoms with Crippen LogP contribution in [0, 0.1) is 11.3 Å². The van der Waals surface area contributed by atoms with E-state index in [-0.39, 0.29) is 12.2 Å². The minimum Gasteiger partial charge on any atom is -0.462 e. The van der Waals surface area contributed by atoms with E-state index in [9.17, 15) is 14.9 Å². The van der Waals surface area contributed by atoms with Gasteiger partial charge in [0.1, 0.15) is 16.6 Å². The van der Waals surface area contributed by atoms with E-state index >= 15 is 0 Å². The number of nitriles is 1. The molecule has 9 heteroatoms. The van der Waals surface area contributed by atoms with Crippen molar-refractivity contribution in [3.63, 3.8) is 0 Å². The molecule has 2 aromatic carbocycles. The number of hydrogen-bond donors (Lipinski definition) is 1. The summed E-state index contributed by atoms with van der Waals surface area (Å²) in [4.78, 5) is 27.2. The molecule has 1 N–H and O–H groups in total. The standard InChI is InChI=1S/C30H25Cl2N3O3S/c1-2-38-30(37)27-23-8-4-6-10-26(23)39-29(27)34-28(36)19(15-33)13-20-17-35(25-9-5-3-7-22(20)25)16-18-11-12-21(31)14-24(18)32/h3,5,7,9,11-14,17H,2,4,6,8,10,16H2,1H3,(H,34,36). The van der Waals surface area contributed by atoms with Gasteiger partial charge in [-0.15, -0.1) is 11.3 Å². The van der Waals surface area contributed by atoms with Crippen molar-refractivity contribution in [1.82, 2.24) is 4.57 Å². The number of esters is 1. The van der Waals surface area contributed by atoms with Gasteiger partial charge in [-0.3, -0.25) is 4.79 Å². The van der Waals surface area contributed by atoms with E-state index in [1.165, 1.54) is 11.3 Å². The largest absolute Gasteiger partial charge is 0.462 e. The zero-order valence-electron chi connectivity index (χ0n) is 21.2. The Morgan fingerprint density at radius 2 is 1.97 bits per heavy atom. The van der Waals surface area contributed by atoms with E-state index in [2.05, 4.69) is 5.32 Å². The monoisotopic (exact) mass is 577 g/mol. The average Bonchev–Trinajstić information content (AvgIpc) is 3.46. The average molecular weight is 579 g/mol. The Bertz CT molecular complexity index is 1660. The Kier molecular flexibility index (Phi) is 8.08. The van der Waals surface area contributed by atoms with Crippen LogP contribution in [0.25, 0.3) is 17.0 Å². The maximum Gasteiger partial charge on any atom is 0.341 e. The van der Waals surface area contributed by atoms with E-state index in [1.54, 1.807) is 25.1 Å². The molecule has 1 aliphatic carbocycles. The number of halogens is 2. The quantitative estimate of drug-likeness (QED) is 0.139. The number of rotatable bonds is 7. The van der Waals surface area contributed by atoms with Crippen molar-refractivity contribution in [3.8, 4) is 6.07 Å². The molecule has 1 aliphatic rings. The third kappa shape index (κ3) is 5.60. The van der Waals surface area contributed by atoms with Crippen LogP contribution in [0.2, 0.25) is 10.0 Å². The number of fused-ring (bicyclic) bond motifs is 2. The normalized spacial score (nSPS) is 13.1. The Hall–Kier alpha value is -3.57. The van der Waals surface area contributed by atoms with Gasteiger partial charge >= 0.3 is 5.97 Å². The van der Waals surface area contributed by atoms with Crippen molar-refractivity contribution in [2.75, 3.05) is 11.9 Å². The van der Waals surface area contributed by atoms with Crippen LogP contribution in [0.4, 0.5) is 5.00 Å². The fourth-order valence-corrected chi connectivity index (χ4v) is 6.64. The molecule has 0 aliphatic heterocycles. The highest BCUT2D eigenvalue weighted by molar-refractivity contribution is 7.17. The first-order chi connectivity index (χ1) is 18.9. The molecule has 39 heavy (non-hydrogen) atoms. The lowest BCUT2D eigenvalue weighted by molar-refractivity contribution is -0.112. The lowest BCUT2D eigenvalue weighted by atomic mass is 9.95. The van der Waals surface area contributed by atoms with Crippen molar-refractivity contribution in [2.24, 2.45) is 0 Å². The summed E-state index contributed by atoms with van der Waals surface area (Å²) in [6.07, 6.45) is 7.13. The zero-order chi connectivity index (χ0) is 27.5. The summed E-state index contributed by atoms with van der Waals surface area (Å²) in [7, 11) is 0. The zero-order valence-corrected chi connectivity index (χ0v) is 23.6. The maximum atomic E-state index is 13.3. The highest BCUT2D eigenvalue weighted by Crippen LogP contribution is 2.39. The summed E-state index contributed by atoms with van der Waals surface area (Å²) in [6.45, 7) is 2.48. The van der Waals surface area contributed by atoms with Gasteiger partial charge in [0.15, 0.2) is 0 Å². The number of ether oxygens (including phenoxy) is 1. The Balaban J connectivity index is 1.48. The van der Waals surface area contributed by atoms with Gasteiger partial charge in [0.2, 0.25) is 0 Å². The van der Waals surface area contributed by atoms with Gasteiger partial charge < -0.3 is 14.6 Å². The van der Waals surface area contributed by atoms with Gasteiger partial charge in [-0.25, -0.2) is 4.79 Å². The molecule has 2 heterocycles. The van der Waals surface area contributed by atoms with Gasteiger partial charge in [0.05, 0.1) is 12.2 Å². The Labute approximate surface area is 240 Å². The summed E-state index contributed by atoms with van der Waals surface area (Å²) in [6, 6.07) is 15.2. The number of nitrogens with one attached hydrogen (secondary N) is 1. The van der Waals surface area contributed by atoms with Crippen molar-refractivity contribution in [3.05, 3.63) is 91.4 Å². The minimum atomic E-state index is -0.570. The van der Waals surface area contributed by atoms with Gasteiger partial charge in [-0.2, -0.15) is 5.26 Å². The third-order valence-corrected chi connectivity index (χ3v) is 8.51. The molecule has 0 fully saturated rings. The van der Waals surface area contributed by atoms with Crippen LogP contribution in [0.15, 0.2) is 54.2 Å². The van der Waals surface area contributed by atoms with Crippen LogP contribution in [0.5, 0.6) is 0 Å². The predicted octanol–water partition coefficient (Wildman–Crippen LogP) is 7.66. The number of hydrogen-bond acceptors (Lipinski definition) is 5. The smallest absolute Gasteiger partial charge is 0.341 e. The summed E-state index contributed by atoms with van der Waals surface area (Å²) in [5, 5.41) is 15.2. The molecule has 6 nitrogen and oxygen atoms in total. The first-order valence-corrected chi connectivity index (χ1v) is 14.2. The molecule has 0 radical (unpaired) electrons. The van der Waals surface area contributed by atoms with Crippen molar-refractivity contribution in [2.45, 2.75) is 39.2 Å². The number of carbonyl (C=O) groups excluding carboxylic acids is 2. The van der Waals surface area contributed by atoms with Crippen LogP contribution in [-0.2, 0) is 28.9 Å². The number of amides is 1. The van der Waals surface area contributed by atoms with Gasteiger partial charge in [0, 0.05) is 44.1 Å². The molecule has 0 atom stereocenters. The highest BCUT2D eigenvalue weighted by atomic mass is 35.5. The first kappa shape index (κ1) is 27.0. The Morgan fingerprint density at radius 1 is 1.18 bits per heavy atom. The van der Waals surface area contributed by atoms with Crippen LogP contribution in [0.3, 0.4) is 0 Å². The van der Waals surface area contributed by atoms with Gasteiger partial charge in [-0.1, -0.05) is 47.5 Å². The molecule has 1 amide bonds. The fraction of sp³-hybridized carbons (Fsp3) is 0.233. The minimum absolute atomic E-state index is 0.0661. The summed E-state index contributed by atoms with van der Waals surface area (Å²) < 4.78 is 7.31. The van der Waals surface area contributed by atoms with Gasteiger partial charge in [-0.05, 0) is 68.0 Å². The summed E-state index contributed by atoms with van der Waals surface area (Å²) in [5.41, 5.74) is 3.85. The molecule has 5 rings (SSSR count). The molecule has 0 saturated heterocycles. The van der Waals surface area contributed by atoms with Crippen LogP contribution < -0.4 is 5.32 Å². The number of anilines is 1. The fourth-order valence-electron chi connectivity index (χ4n) is 4.90. The van der Waals surface area contributed by atoms with Crippen LogP contribution in [-0.4, -0.2) is 23.1 Å². The molecular formula is C30H25Cl2N3O3S. The van der Waals surface area contributed by atoms with Crippen molar-refractivity contribution < 1.29 is 14.3 Å². The third-order valence-electron chi connectivity index (χ3n) is 6.72. The summed E-state index contributed by atoms with van der Waals surface area (Å²) >= 11 is 13.9. The van der Waals surface area contributed by atoms with Gasteiger partial charge in [0.25, 0.3) is 5.91 Å². The van der Waals surface area contributed by atoms with Crippen molar-refractivity contribution in [1.29, 1.82) is 5.26 Å². The van der Waals surface area contributed by atoms with E-state index in [0.717, 1.165) is 58.2 Å². The number of benzene rings is 2. The molecular weight excluding hydrogens is 553 g/mol. The van der Waals surface area contributed by atoms with Crippen LogP contribution in [0.1, 0.15) is 51.7 Å². The lowest BCUT2D eigenvalue weighted by Crippen LogP contribution is -2.16. The molecule has 4 aromatic rings. The van der Waals surface area contributed by atoms with E-state index in [1.807, 2.05) is 47.2 Å². The second-order valence-electron chi connectivity index (χ2n) is 9.22. The molecule has 2 aromatic heterocycles. The number of nitrogens with zero attached hydrogens (tertiary/aromatic N) is 2. The number of aryl methyl sites for hydroxylation is 1. The molecule has 198 valence electrons. The maximum absolute atomic E-state index is 13.3. The lowest BCUT2D eigenvalue weighted by Gasteiger charge is -2.12. The topological polar surface area (TPSA) is 84.1 Å². The number of thiophene rings is 1.